The summed E-state index contributed by atoms with van der Waals surface area (Å²) in [5.74, 6) is 1.57. The van der Waals surface area contributed by atoms with Gasteiger partial charge >= 0.3 is 0 Å². The first-order chi connectivity index (χ1) is 7.38. The Balaban J connectivity index is 2.39. The maximum Gasteiger partial charge on any atom is 0.0526 e. The van der Waals surface area contributed by atoms with Crippen molar-refractivity contribution in [3.05, 3.63) is 0 Å². The molecule has 4 N–H and O–H groups in total. The SMILES string of the molecule is CC(O)CC(C)NC1(CN)CC(C(C)C)C1. The molecule has 0 aromatic carbocycles. The lowest BCUT2D eigenvalue weighted by Gasteiger charge is -2.51. The van der Waals surface area contributed by atoms with Crippen LogP contribution in [0.25, 0.3) is 0 Å². The number of rotatable bonds is 6. The molecule has 1 aliphatic carbocycles. The number of nitrogens with one attached hydrogen (secondary N) is 1. The van der Waals surface area contributed by atoms with Crippen LogP contribution in [0.15, 0.2) is 0 Å². The van der Waals surface area contributed by atoms with Gasteiger partial charge in [-0.3, -0.25) is 0 Å². The van der Waals surface area contributed by atoms with Gasteiger partial charge < -0.3 is 16.2 Å². The lowest BCUT2D eigenvalue weighted by atomic mass is 9.63. The van der Waals surface area contributed by atoms with E-state index in [0.29, 0.717) is 12.6 Å². The standard InChI is InChI=1S/C13H28N2O/c1-9(2)12-6-13(7-12,8-14)15-10(3)5-11(4)16/h9-12,15-16H,5-8,14H2,1-4H3. The Bertz CT molecular complexity index is 210. The molecule has 0 aromatic heterocycles. The molecular weight excluding hydrogens is 200 g/mol. The Morgan fingerprint density at radius 3 is 2.25 bits per heavy atom. The van der Waals surface area contributed by atoms with Gasteiger partial charge in [0.1, 0.15) is 0 Å². The van der Waals surface area contributed by atoms with Crippen LogP contribution < -0.4 is 11.1 Å². The summed E-state index contributed by atoms with van der Waals surface area (Å²) in [6, 6.07) is 0.344. The fraction of sp³-hybridized carbons (Fsp3) is 1.00. The van der Waals surface area contributed by atoms with Crippen LogP contribution in [0.5, 0.6) is 0 Å². The van der Waals surface area contributed by atoms with Crippen LogP contribution in [0.2, 0.25) is 0 Å². The molecule has 3 nitrogen and oxygen atoms in total. The number of aliphatic hydroxyl groups excluding tert-OH is 1. The van der Waals surface area contributed by atoms with Crippen LogP contribution in [0.4, 0.5) is 0 Å². The second-order valence-corrected chi connectivity index (χ2v) is 6.03. The normalized spacial score (nSPS) is 33.6. The van der Waals surface area contributed by atoms with Gasteiger partial charge in [-0.05, 0) is 44.9 Å². The van der Waals surface area contributed by atoms with E-state index in [2.05, 4.69) is 26.1 Å². The molecule has 1 rings (SSSR count). The third kappa shape index (κ3) is 3.44. The van der Waals surface area contributed by atoms with Gasteiger partial charge in [-0.1, -0.05) is 13.8 Å². The zero-order valence-electron chi connectivity index (χ0n) is 11.2. The first kappa shape index (κ1) is 13.9. The van der Waals surface area contributed by atoms with Crippen molar-refractivity contribution < 1.29 is 5.11 Å². The van der Waals surface area contributed by atoms with E-state index in [9.17, 15) is 5.11 Å². The highest BCUT2D eigenvalue weighted by Crippen LogP contribution is 2.41. The summed E-state index contributed by atoms with van der Waals surface area (Å²) in [6.45, 7) is 9.24. The van der Waals surface area contributed by atoms with Crippen LogP contribution in [-0.4, -0.2) is 29.3 Å². The molecule has 3 heteroatoms. The molecule has 2 atom stereocenters. The van der Waals surface area contributed by atoms with Gasteiger partial charge in [-0.15, -0.1) is 0 Å². The van der Waals surface area contributed by atoms with Gasteiger partial charge in [0, 0.05) is 18.1 Å². The van der Waals surface area contributed by atoms with Crippen molar-refractivity contribution in [1.29, 1.82) is 0 Å². The largest absolute Gasteiger partial charge is 0.393 e. The van der Waals surface area contributed by atoms with Crippen molar-refractivity contribution in [3.8, 4) is 0 Å². The van der Waals surface area contributed by atoms with Crippen molar-refractivity contribution >= 4 is 0 Å². The molecule has 0 aliphatic heterocycles. The van der Waals surface area contributed by atoms with Crippen molar-refractivity contribution in [3.63, 3.8) is 0 Å². The predicted octanol–water partition coefficient (Wildman–Crippen LogP) is 1.50. The van der Waals surface area contributed by atoms with E-state index in [0.717, 1.165) is 18.3 Å². The fourth-order valence-electron chi connectivity index (χ4n) is 2.85. The van der Waals surface area contributed by atoms with E-state index in [1.165, 1.54) is 12.8 Å². The minimum Gasteiger partial charge on any atom is -0.393 e. The van der Waals surface area contributed by atoms with Crippen molar-refractivity contribution in [2.75, 3.05) is 6.54 Å². The number of hydrogen-bond acceptors (Lipinski definition) is 3. The molecule has 1 aliphatic rings. The molecule has 96 valence electrons. The summed E-state index contributed by atoms with van der Waals surface area (Å²) < 4.78 is 0. The molecule has 2 unspecified atom stereocenters. The number of nitrogens with two attached hydrogens (primary N) is 1. The van der Waals surface area contributed by atoms with Gasteiger partial charge in [0.2, 0.25) is 0 Å². The highest BCUT2D eigenvalue weighted by atomic mass is 16.3. The van der Waals surface area contributed by atoms with Gasteiger partial charge in [0.05, 0.1) is 6.10 Å². The molecule has 0 bridgehead atoms. The Morgan fingerprint density at radius 1 is 1.31 bits per heavy atom. The monoisotopic (exact) mass is 228 g/mol. The fourth-order valence-corrected chi connectivity index (χ4v) is 2.85. The lowest BCUT2D eigenvalue weighted by molar-refractivity contribution is 0.0590. The van der Waals surface area contributed by atoms with Gasteiger partial charge in [-0.25, -0.2) is 0 Å². The molecule has 16 heavy (non-hydrogen) atoms. The molecule has 1 saturated carbocycles. The molecule has 0 spiro atoms. The molecular formula is C13H28N2O. The van der Waals surface area contributed by atoms with Crippen LogP contribution in [0, 0.1) is 11.8 Å². The summed E-state index contributed by atoms with van der Waals surface area (Å²) in [6.07, 6.45) is 2.93. The van der Waals surface area contributed by atoms with Crippen molar-refractivity contribution in [2.24, 2.45) is 17.6 Å². The minimum absolute atomic E-state index is 0.142. The van der Waals surface area contributed by atoms with E-state index < -0.39 is 0 Å². The molecule has 0 radical (unpaired) electrons. The maximum atomic E-state index is 9.35. The Hall–Kier alpha value is -0.120. The molecule has 0 saturated heterocycles. The maximum absolute atomic E-state index is 9.35. The lowest BCUT2D eigenvalue weighted by Crippen LogP contribution is -2.63. The van der Waals surface area contributed by atoms with Crippen LogP contribution in [0.3, 0.4) is 0 Å². The average Bonchev–Trinajstić information content (AvgIpc) is 2.08. The number of aliphatic hydroxyl groups is 1. The van der Waals surface area contributed by atoms with E-state index >= 15 is 0 Å². The Morgan fingerprint density at radius 2 is 1.88 bits per heavy atom. The average molecular weight is 228 g/mol. The zero-order chi connectivity index (χ0) is 12.3. The number of hydrogen-bond donors (Lipinski definition) is 3. The Kier molecular flexibility index (Phi) is 4.77. The van der Waals surface area contributed by atoms with E-state index in [4.69, 9.17) is 5.73 Å². The Labute approximate surface area is 99.8 Å². The summed E-state index contributed by atoms with van der Waals surface area (Å²) >= 11 is 0. The first-order valence-corrected chi connectivity index (χ1v) is 6.54. The molecule has 0 amide bonds. The van der Waals surface area contributed by atoms with Gasteiger partial charge in [0.25, 0.3) is 0 Å². The van der Waals surface area contributed by atoms with E-state index in [-0.39, 0.29) is 11.6 Å². The molecule has 0 aromatic rings. The second kappa shape index (κ2) is 5.48. The third-order valence-electron chi connectivity index (χ3n) is 3.89. The topological polar surface area (TPSA) is 58.3 Å². The van der Waals surface area contributed by atoms with Crippen LogP contribution >= 0.6 is 0 Å². The minimum atomic E-state index is -0.238. The van der Waals surface area contributed by atoms with Crippen molar-refractivity contribution in [1.82, 2.24) is 5.32 Å². The van der Waals surface area contributed by atoms with Crippen LogP contribution in [-0.2, 0) is 0 Å². The van der Waals surface area contributed by atoms with Gasteiger partial charge in [0.15, 0.2) is 0 Å². The summed E-state index contributed by atoms with van der Waals surface area (Å²) in [7, 11) is 0. The van der Waals surface area contributed by atoms with Crippen molar-refractivity contribution in [2.45, 2.75) is 64.6 Å². The zero-order valence-corrected chi connectivity index (χ0v) is 11.2. The van der Waals surface area contributed by atoms with Gasteiger partial charge in [-0.2, -0.15) is 0 Å². The smallest absolute Gasteiger partial charge is 0.0526 e. The summed E-state index contributed by atoms with van der Waals surface area (Å²) in [5.41, 5.74) is 6.03. The van der Waals surface area contributed by atoms with E-state index in [1.54, 1.807) is 0 Å². The predicted molar refractivity (Wildman–Crippen MR) is 68.2 cm³/mol. The summed E-state index contributed by atoms with van der Waals surface area (Å²) in [5, 5.41) is 13.0. The highest BCUT2D eigenvalue weighted by Gasteiger charge is 2.44. The van der Waals surface area contributed by atoms with E-state index in [1.807, 2.05) is 6.92 Å². The first-order valence-electron chi connectivity index (χ1n) is 6.54. The van der Waals surface area contributed by atoms with Crippen LogP contribution in [0.1, 0.15) is 47.0 Å². The molecule has 1 fully saturated rings. The quantitative estimate of drug-likeness (QED) is 0.646. The second-order valence-electron chi connectivity index (χ2n) is 6.03. The highest BCUT2D eigenvalue weighted by molar-refractivity contribution is 5.03. The third-order valence-corrected chi connectivity index (χ3v) is 3.89. The summed E-state index contributed by atoms with van der Waals surface area (Å²) in [4.78, 5) is 0. The molecule has 0 heterocycles.